The highest BCUT2D eigenvalue weighted by atomic mass is 19.4. The highest BCUT2D eigenvalue weighted by molar-refractivity contribution is 5.97. The first-order valence-electron chi connectivity index (χ1n) is 10.2. The van der Waals surface area contributed by atoms with Gasteiger partial charge in [0.1, 0.15) is 23.2 Å². The lowest BCUT2D eigenvalue weighted by Crippen LogP contribution is -2.51. The van der Waals surface area contributed by atoms with E-state index < -0.39 is 59.1 Å². The molecule has 0 aromatic carbocycles. The van der Waals surface area contributed by atoms with Gasteiger partial charge >= 0.3 is 6.18 Å². The van der Waals surface area contributed by atoms with Crippen LogP contribution in [0.25, 0.3) is 16.9 Å². The second-order valence-corrected chi connectivity index (χ2v) is 7.78. The summed E-state index contributed by atoms with van der Waals surface area (Å²) < 4.78 is 68.4. The maximum Gasteiger partial charge on any atom is 0.408 e. The zero-order valence-electron chi connectivity index (χ0n) is 17.6. The number of nitrogens with zero attached hydrogens (tertiary/aromatic N) is 4. The fraction of sp³-hybridized carbons (Fsp3) is 0.333. The predicted octanol–water partition coefficient (Wildman–Crippen LogP) is 2.31. The molecule has 2 N–H and O–H groups in total. The fourth-order valence-electron chi connectivity index (χ4n) is 3.57. The number of amides is 1. The number of alkyl halides is 3. The molecule has 3 aromatic rings. The van der Waals surface area contributed by atoms with Gasteiger partial charge in [-0.2, -0.15) is 13.2 Å². The van der Waals surface area contributed by atoms with Crippen molar-refractivity contribution < 1.29 is 31.9 Å². The Labute approximate surface area is 188 Å². The average Bonchev–Trinajstić information content (AvgIpc) is 2.75. The van der Waals surface area contributed by atoms with E-state index in [0.29, 0.717) is 18.1 Å². The highest BCUT2D eigenvalue weighted by Gasteiger charge is 2.39. The molecule has 1 saturated heterocycles. The van der Waals surface area contributed by atoms with Gasteiger partial charge in [-0.15, -0.1) is 0 Å². The number of aliphatic hydroxyl groups is 1. The quantitative estimate of drug-likeness (QED) is 0.541. The number of aliphatic hydroxyl groups excluding tert-OH is 1. The van der Waals surface area contributed by atoms with Crippen molar-refractivity contribution in [2.24, 2.45) is 0 Å². The number of anilines is 1. The van der Waals surface area contributed by atoms with Crippen molar-refractivity contribution in [3.05, 3.63) is 58.0 Å². The number of aromatic nitrogens is 3. The molecule has 1 unspecified atom stereocenters. The molecule has 1 aliphatic rings. The van der Waals surface area contributed by atoms with E-state index in [0.717, 1.165) is 10.8 Å². The molecular formula is C21H18F5N5O3. The van der Waals surface area contributed by atoms with Crippen LogP contribution < -0.4 is 15.6 Å². The van der Waals surface area contributed by atoms with Crippen LogP contribution in [0.15, 0.2) is 35.4 Å². The number of hydrogen-bond donors (Lipinski definition) is 2. The van der Waals surface area contributed by atoms with Gasteiger partial charge in [0, 0.05) is 25.4 Å². The van der Waals surface area contributed by atoms with Crippen molar-refractivity contribution in [2.75, 3.05) is 18.0 Å². The molecule has 1 aliphatic heterocycles. The third-order valence-electron chi connectivity index (χ3n) is 5.39. The molecule has 0 radical (unpaired) electrons. The number of fused-ring (bicyclic) bond motifs is 1. The summed E-state index contributed by atoms with van der Waals surface area (Å²) in [6.07, 6.45) is -4.26. The van der Waals surface area contributed by atoms with E-state index in [9.17, 15) is 36.6 Å². The molecule has 13 heteroatoms. The second-order valence-electron chi connectivity index (χ2n) is 7.78. The summed E-state index contributed by atoms with van der Waals surface area (Å²) in [5.74, 6) is -3.64. The number of rotatable bonds is 5. The van der Waals surface area contributed by atoms with Gasteiger partial charge in [-0.25, -0.2) is 18.7 Å². The first-order chi connectivity index (χ1) is 16.0. The number of carbonyl (C=O) groups excluding carboxylic acids is 1. The molecule has 4 rings (SSSR count). The summed E-state index contributed by atoms with van der Waals surface area (Å²) in [7, 11) is 0. The summed E-state index contributed by atoms with van der Waals surface area (Å²) in [6, 6.07) is 1.04. The van der Waals surface area contributed by atoms with Gasteiger partial charge in [-0.3, -0.25) is 14.2 Å². The summed E-state index contributed by atoms with van der Waals surface area (Å²) >= 11 is 0. The van der Waals surface area contributed by atoms with Crippen molar-refractivity contribution in [3.63, 3.8) is 0 Å². The van der Waals surface area contributed by atoms with Crippen LogP contribution in [0.1, 0.15) is 23.7 Å². The Bertz CT molecular complexity index is 1320. The van der Waals surface area contributed by atoms with Gasteiger partial charge in [-0.05, 0) is 18.6 Å². The lowest BCUT2D eigenvalue weighted by atomic mass is 10.1. The largest absolute Gasteiger partial charge is 0.408 e. The first kappa shape index (κ1) is 23.5. The van der Waals surface area contributed by atoms with Crippen LogP contribution in [-0.4, -0.2) is 57.0 Å². The number of carbonyl (C=O) groups is 1. The third-order valence-corrected chi connectivity index (χ3v) is 5.39. The van der Waals surface area contributed by atoms with Crippen LogP contribution in [0.2, 0.25) is 0 Å². The minimum atomic E-state index is -4.75. The van der Waals surface area contributed by atoms with E-state index in [2.05, 4.69) is 9.97 Å². The Morgan fingerprint density at radius 1 is 1.29 bits per heavy atom. The molecule has 1 atom stereocenters. The van der Waals surface area contributed by atoms with Gasteiger partial charge in [0.2, 0.25) is 5.43 Å². The number of pyridine rings is 3. The van der Waals surface area contributed by atoms with E-state index in [1.165, 1.54) is 19.1 Å². The van der Waals surface area contributed by atoms with Crippen molar-refractivity contribution in [2.45, 2.75) is 31.7 Å². The topological polar surface area (TPSA) is 100 Å². The molecule has 34 heavy (non-hydrogen) atoms. The fourth-order valence-corrected chi connectivity index (χ4v) is 3.57. The van der Waals surface area contributed by atoms with Gasteiger partial charge < -0.3 is 15.3 Å². The Kier molecular flexibility index (Phi) is 5.98. The van der Waals surface area contributed by atoms with Gasteiger partial charge in [0.15, 0.2) is 17.3 Å². The zero-order valence-corrected chi connectivity index (χ0v) is 17.6. The van der Waals surface area contributed by atoms with Crippen molar-refractivity contribution in [3.8, 4) is 5.82 Å². The predicted molar refractivity (Wildman–Crippen MR) is 111 cm³/mol. The molecular weight excluding hydrogens is 465 g/mol. The highest BCUT2D eigenvalue weighted by Crippen LogP contribution is 2.25. The third kappa shape index (κ3) is 4.30. The molecule has 0 saturated carbocycles. The van der Waals surface area contributed by atoms with Crippen LogP contribution in [0.4, 0.5) is 27.8 Å². The van der Waals surface area contributed by atoms with E-state index >= 15 is 0 Å². The van der Waals surface area contributed by atoms with Crippen molar-refractivity contribution >= 4 is 22.8 Å². The van der Waals surface area contributed by atoms with Gasteiger partial charge in [-0.1, -0.05) is 6.92 Å². The summed E-state index contributed by atoms with van der Waals surface area (Å²) in [5, 5.41) is 11.1. The molecule has 0 bridgehead atoms. The van der Waals surface area contributed by atoms with Crippen LogP contribution in [0.5, 0.6) is 0 Å². The number of β-amino-alcohol motifs (C(OH)–C–C–N with tert-alkyl or cyclic N) is 1. The first-order valence-corrected chi connectivity index (χ1v) is 10.2. The van der Waals surface area contributed by atoms with E-state index in [1.807, 2.05) is 0 Å². The molecule has 180 valence electrons. The molecule has 4 heterocycles. The maximum absolute atomic E-state index is 14.6. The lowest BCUT2D eigenvalue weighted by Gasteiger charge is -2.36. The molecule has 0 aliphatic carbocycles. The lowest BCUT2D eigenvalue weighted by molar-refractivity contribution is -0.153. The van der Waals surface area contributed by atoms with Crippen LogP contribution in [0.3, 0.4) is 0 Å². The van der Waals surface area contributed by atoms with E-state index in [1.54, 1.807) is 10.2 Å². The summed E-state index contributed by atoms with van der Waals surface area (Å²) in [4.78, 5) is 35.3. The summed E-state index contributed by atoms with van der Waals surface area (Å²) in [6.45, 7) is 1.75. The summed E-state index contributed by atoms with van der Waals surface area (Å²) in [5.41, 5.74) is -1.78. The van der Waals surface area contributed by atoms with Crippen LogP contribution in [0, 0.1) is 11.6 Å². The minimum Gasteiger partial charge on any atom is -0.389 e. The zero-order chi connectivity index (χ0) is 24.8. The average molecular weight is 483 g/mol. The number of nitrogens with one attached hydrogen (secondary N) is 1. The SMILES string of the molecule is CCC(NC(=O)c1cn(-c2ncc(F)cc2F)c2nc(N3CC(O)C3)ccc2c1=O)C(F)(F)F. The smallest absolute Gasteiger partial charge is 0.389 e. The normalized spacial score (nSPS) is 15.3. The monoisotopic (exact) mass is 483 g/mol. The molecule has 1 amide bonds. The molecule has 0 spiro atoms. The van der Waals surface area contributed by atoms with Crippen molar-refractivity contribution in [1.29, 1.82) is 0 Å². The Balaban J connectivity index is 1.90. The minimum absolute atomic E-state index is 0.152. The van der Waals surface area contributed by atoms with E-state index in [4.69, 9.17) is 0 Å². The standard InChI is InChI=1S/C21H18F5N5O3/c1-2-15(21(24,25)26)28-20(34)13-9-31(19-14(23)5-10(22)6-27-19)18-12(17(13)33)3-4-16(29-18)30-7-11(32)8-30/h3-6,9,11,15,32H,2,7-8H2,1H3,(H,28,34). The molecule has 8 nitrogen and oxygen atoms in total. The Hall–Kier alpha value is -3.61. The van der Waals surface area contributed by atoms with Crippen LogP contribution in [-0.2, 0) is 0 Å². The van der Waals surface area contributed by atoms with Crippen LogP contribution >= 0.6 is 0 Å². The Morgan fingerprint density at radius 3 is 2.59 bits per heavy atom. The van der Waals surface area contributed by atoms with Gasteiger partial charge in [0.05, 0.1) is 17.7 Å². The van der Waals surface area contributed by atoms with E-state index in [-0.39, 0.29) is 24.1 Å². The molecule has 1 fully saturated rings. The number of halogens is 5. The molecule has 3 aromatic heterocycles. The van der Waals surface area contributed by atoms with Gasteiger partial charge in [0.25, 0.3) is 5.91 Å². The second kappa shape index (κ2) is 8.63. The van der Waals surface area contributed by atoms with Crippen molar-refractivity contribution in [1.82, 2.24) is 19.9 Å². The maximum atomic E-state index is 14.6. The Morgan fingerprint density at radius 2 is 2.00 bits per heavy atom. The number of hydrogen-bond acceptors (Lipinski definition) is 6.